The molecule has 0 saturated carbocycles. The number of fused-ring (bicyclic) bond motifs is 1. The van der Waals surface area contributed by atoms with Crippen LogP contribution in [-0.2, 0) is 0 Å². The Bertz CT molecular complexity index is 577. The number of para-hydroxylation sites is 1. The first kappa shape index (κ1) is 11.8. The van der Waals surface area contributed by atoms with Crippen molar-refractivity contribution in [2.75, 3.05) is 0 Å². The molecule has 0 amide bonds. The van der Waals surface area contributed by atoms with Crippen molar-refractivity contribution in [2.24, 2.45) is 5.84 Å². The summed E-state index contributed by atoms with van der Waals surface area (Å²) in [7, 11) is 0. The van der Waals surface area contributed by atoms with Gasteiger partial charge in [0.05, 0.1) is 5.39 Å². The van der Waals surface area contributed by atoms with E-state index in [0.29, 0.717) is 11.1 Å². The van der Waals surface area contributed by atoms with Gasteiger partial charge in [0.25, 0.3) is 0 Å². The van der Waals surface area contributed by atoms with Crippen molar-refractivity contribution in [3.63, 3.8) is 0 Å². The molecule has 0 aliphatic carbocycles. The number of nitrogens with one attached hydrogen (secondary N) is 2. The lowest BCUT2D eigenvalue weighted by molar-refractivity contribution is -0.596. The molecule has 0 atom stereocenters. The molecule has 0 bridgehead atoms. The van der Waals surface area contributed by atoms with Crippen LogP contribution in [0.3, 0.4) is 0 Å². The highest BCUT2D eigenvalue weighted by molar-refractivity contribution is 5.84. The fourth-order valence-electron chi connectivity index (χ4n) is 1.29. The van der Waals surface area contributed by atoms with Crippen molar-refractivity contribution in [1.29, 1.82) is 5.53 Å². The van der Waals surface area contributed by atoms with Crippen molar-refractivity contribution in [3.8, 4) is 0 Å². The average Bonchev–Trinajstić information content (AvgIpc) is 2.28. The SMILES string of the molecule is N.N=[N+](NN)c1cccc2c(=O)c[c]oc12. The van der Waals surface area contributed by atoms with Crippen LogP contribution in [0.2, 0.25) is 0 Å². The van der Waals surface area contributed by atoms with Gasteiger partial charge in [0.15, 0.2) is 11.7 Å². The molecule has 7 nitrogen and oxygen atoms in total. The van der Waals surface area contributed by atoms with Crippen molar-refractivity contribution in [3.05, 3.63) is 40.8 Å². The molecule has 1 aromatic carbocycles. The van der Waals surface area contributed by atoms with Gasteiger partial charge in [-0.2, -0.15) is 5.84 Å². The molecule has 83 valence electrons. The number of benzene rings is 1. The van der Waals surface area contributed by atoms with Crippen LogP contribution < -0.4 is 23.0 Å². The summed E-state index contributed by atoms with van der Waals surface area (Å²) in [5.41, 5.74) is 9.97. The van der Waals surface area contributed by atoms with Crippen LogP contribution in [0.1, 0.15) is 0 Å². The second-order valence-electron chi connectivity index (χ2n) is 2.85. The van der Waals surface area contributed by atoms with Gasteiger partial charge in [0.2, 0.25) is 5.58 Å². The first-order valence-corrected chi connectivity index (χ1v) is 4.14. The van der Waals surface area contributed by atoms with Crippen LogP contribution in [0.25, 0.3) is 11.0 Å². The van der Waals surface area contributed by atoms with E-state index in [1.165, 1.54) is 6.07 Å². The molecule has 0 spiro atoms. The Kier molecular flexibility index (Phi) is 3.33. The van der Waals surface area contributed by atoms with Crippen LogP contribution in [0.15, 0.2) is 33.5 Å². The van der Waals surface area contributed by atoms with Crippen LogP contribution >= 0.6 is 0 Å². The largest absolute Gasteiger partial charge is 0.445 e. The van der Waals surface area contributed by atoms with Gasteiger partial charge in [-0.05, 0) is 11.6 Å². The van der Waals surface area contributed by atoms with E-state index in [0.717, 1.165) is 4.81 Å². The molecule has 0 unspecified atom stereocenters. The molecule has 1 heterocycles. The van der Waals surface area contributed by atoms with Gasteiger partial charge in [0.1, 0.15) is 0 Å². The van der Waals surface area contributed by atoms with Gasteiger partial charge in [-0.1, -0.05) is 11.6 Å². The molecule has 1 radical (unpaired) electrons. The van der Waals surface area contributed by atoms with Crippen molar-refractivity contribution >= 4 is 16.7 Å². The van der Waals surface area contributed by atoms with E-state index >= 15 is 0 Å². The summed E-state index contributed by atoms with van der Waals surface area (Å²) < 4.78 is 5.06. The quantitative estimate of drug-likeness (QED) is 0.258. The minimum Gasteiger partial charge on any atom is -0.445 e. The molecule has 1 aromatic heterocycles. The maximum absolute atomic E-state index is 11.4. The highest BCUT2D eigenvalue weighted by Gasteiger charge is 2.16. The number of rotatable bonds is 2. The topological polar surface area (TPSA) is 130 Å². The third-order valence-electron chi connectivity index (χ3n) is 1.98. The summed E-state index contributed by atoms with van der Waals surface area (Å²) in [6, 6.07) is 6.07. The van der Waals surface area contributed by atoms with E-state index in [4.69, 9.17) is 15.8 Å². The van der Waals surface area contributed by atoms with Crippen LogP contribution in [0.5, 0.6) is 0 Å². The molecule has 0 fully saturated rings. The molecule has 7 heteroatoms. The van der Waals surface area contributed by atoms with Gasteiger partial charge < -0.3 is 10.6 Å². The number of hydrogen-bond acceptors (Lipinski definition) is 5. The van der Waals surface area contributed by atoms with Crippen molar-refractivity contribution < 1.29 is 9.22 Å². The Morgan fingerprint density at radius 1 is 1.50 bits per heavy atom. The van der Waals surface area contributed by atoms with Crippen LogP contribution in [0.4, 0.5) is 5.69 Å². The van der Waals surface area contributed by atoms with Gasteiger partial charge in [-0.25, -0.2) is 0 Å². The van der Waals surface area contributed by atoms with Gasteiger partial charge >= 0.3 is 5.69 Å². The molecule has 7 N–H and O–H groups in total. The summed E-state index contributed by atoms with van der Waals surface area (Å²) in [5.74, 6) is 5.09. The number of hydrazine groups is 2. The predicted octanol–water partition coefficient (Wildman–Crippen LogP) is 0.808. The van der Waals surface area contributed by atoms with Gasteiger partial charge in [-0.15, -0.1) is 0 Å². The molecule has 0 aliphatic heterocycles. The van der Waals surface area contributed by atoms with E-state index < -0.39 is 0 Å². The minimum atomic E-state index is -0.205. The molecule has 0 saturated heterocycles. The van der Waals surface area contributed by atoms with E-state index in [1.807, 2.05) is 0 Å². The van der Waals surface area contributed by atoms with E-state index in [2.05, 4.69) is 11.8 Å². The summed E-state index contributed by atoms with van der Waals surface area (Å²) in [6.07, 6.45) is 2.36. The smallest absolute Gasteiger partial charge is 0.309 e. The maximum atomic E-state index is 11.4. The fraction of sp³-hybridized carbons (Fsp3) is 0. The lowest BCUT2D eigenvalue weighted by Gasteiger charge is -1.97. The third-order valence-corrected chi connectivity index (χ3v) is 1.98. The summed E-state index contributed by atoms with van der Waals surface area (Å²) >= 11 is 0. The Balaban J connectivity index is 0.00000128. The Labute approximate surface area is 90.5 Å². The van der Waals surface area contributed by atoms with E-state index in [9.17, 15) is 4.79 Å². The second-order valence-corrected chi connectivity index (χ2v) is 2.85. The number of nitrogens with zero attached hydrogens (tertiary/aromatic N) is 1. The first-order valence-electron chi connectivity index (χ1n) is 4.14. The highest BCUT2D eigenvalue weighted by atomic mass is 16.3. The van der Waals surface area contributed by atoms with E-state index in [-0.39, 0.29) is 17.2 Å². The summed E-state index contributed by atoms with van der Waals surface area (Å²) in [6.45, 7) is 0. The molecule has 2 rings (SSSR count). The number of nitrogens with two attached hydrogens (primary N) is 1. The minimum absolute atomic E-state index is 0. The molecule has 2 aromatic rings. The maximum Gasteiger partial charge on any atom is 0.309 e. The lowest BCUT2D eigenvalue weighted by Crippen LogP contribution is -2.29. The van der Waals surface area contributed by atoms with Crippen molar-refractivity contribution in [2.45, 2.75) is 0 Å². The second kappa shape index (κ2) is 4.51. The van der Waals surface area contributed by atoms with Crippen molar-refractivity contribution in [1.82, 2.24) is 11.7 Å². The zero-order valence-corrected chi connectivity index (χ0v) is 8.36. The predicted molar refractivity (Wildman–Crippen MR) is 56.3 cm³/mol. The highest BCUT2D eigenvalue weighted by Crippen LogP contribution is 2.21. The molecular formula is C9H11N5O2+. The van der Waals surface area contributed by atoms with E-state index in [1.54, 1.807) is 18.2 Å². The first-order chi connectivity index (χ1) is 7.24. The third kappa shape index (κ3) is 1.76. The summed E-state index contributed by atoms with van der Waals surface area (Å²) in [5, 5.41) is 0.388. The Morgan fingerprint density at radius 3 is 2.94 bits per heavy atom. The Hall–Kier alpha value is -2.25. The summed E-state index contributed by atoms with van der Waals surface area (Å²) in [4.78, 5) is 12.2. The molecule has 16 heavy (non-hydrogen) atoms. The van der Waals surface area contributed by atoms with Gasteiger partial charge in [0, 0.05) is 16.9 Å². The lowest BCUT2D eigenvalue weighted by atomic mass is 10.2. The van der Waals surface area contributed by atoms with Gasteiger partial charge in [-0.3, -0.25) is 4.79 Å². The molecular weight excluding hydrogens is 210 g/mol. The van der Waals surface area contributed by atoms with Crippen LogP contribution in [-0.4, -0.2) is 4.81 Å². The Morgan fingerprint density at radius 2 is 2.25 bits per heavy atom. The zero-order valence-electron chi connectivity index (χ0n) is 8.36. The standard InChI is InChI=1S/C9H7N4O2.H3N/c10-12-13(11)7-3-1-2-6-8(14)4-5-15-9(6)7;/h1-4,10H,11H2;1H3/p+1. The fourth-order valence-corrected chi connectivity index (χ4v) is 1.29. The zero-order chi connectivity index (χ0) is 10.8. The molecule has 0 aliphatic rings. The van der Waals surface area contributed by atoms with Crippen LogP contribution in [0, 0.1) is 11.8 Å². The monoisotopic (exact) mass is 221 g/mol. The number of hydrogen-bond donors (Lipinski definition) is 4. The normalized spacial score (nSPS) is 9.56. The average molecular weight is 221 g/mol.